The van der Waals surface area contributed by atoms with Crippen LogP contribution >= 0.6 is 0 Å². The van der Waals surface area contributed by atoms with E-state index in [2.05, 4.69) is 25.6 Å². The molecular formula is C19H23N9O. The van der Waals surface area contributed by atoms with Crippen LogP contribution in [0.1, 0.15) is 23.0 Å². The van der Waals surface area contributed by atoms with Gasteiger partial charge in [0.05, 0.1) is 17.6 Å². The number of hydrogen-bond acceptors (Lipinski definition) is 8. The summed E-state index contributed by atoms with van der Waals surface area (Å²) in [7, 11) is 1.93. The average molecular weight is 393 g/mol. The maximum atomic E-state index is 13.3. The second-order valence-electron chi connectivity index (χ2n) is 6.72. The molecule has 2 aromatic heterocycles. The quantitative estimate of drug-likeness (QED) is 0.660. The molecule has 0 atom stereocenters. The van der Waals surface area contributed by atoms with Crippen molar-refractivity contribution < 1.29 is 4.79 Å². The molecule has 1 aliphatic rings. The summed E-state index contributed by atoms with van der Waals surface area (Å²) in [5.74, 6) is 1.01. The van der Waals surface area contributed by atoms with Gasteiger partial charge in [0.25, 0.3) is 5.91 Å². The SMILES string of the molecule is CCNc1ncc2c(n1)N(C)CCN(c1cccc(-n3cc(CN)nn3)c1)C2=O. The monoisotopic (exact) mass is 393 g/mol. The minimum atomic E-state index is -0.134. The van der Waals surface area contributed by atoms with Gasteiger partial charge in [0.2, 0.25) is 5.95 Å². The zero-order valence-corrected chi connectivity index (χ0v) is 16.4. The van der Waals surface area contributed by atoms with Crippen LogP contribution in [0, 0.1) is 0 Å². The zero-order chi connectivity index (χ0) is 20.4. The van der Waals surface area contributed by atoms with Crippen molar-refractivity contribution in [3.05, 3.63) is 47.9 Å². The number of aromatic nitrogens is 5. The molecule has 0 saturated carbocycles. The van der Waals surface area contributed by atoms with Crippen LogP contribution < -0.4 is 20.9 Å². The van der Waals surface area contributed by atoms with Gasteiger partial charge in [0.1, 0.15) is 11.4 Å². The van der Waals surface area contributed by atoms with Crippen molar-refractivity contribution in [2.45, 2.75) is 13.5 Å². The van der Waals surface area contributed by atoms with E-state index >= 15 is 0 Å². The molecule has 10 nitrogen and oxygen atoms in total. The van der Waals surface area contributed by atoms with Crippen LogP contribution in [0.4, 0.5) is 17.5 Å². The van der Waals surface area contributed by atoms with Gasteiger partial charge in [-0.15, -0.1) is 5.10 Å². The first-order valence-corrected chi connectivity index (χ1v) is 9.46. The molecule has 1 aliphatic heterocycles. The van der Waals surface area contributed by atoms with Crippen LogP contribution in [0.2, 0.25) is 0 Å². The molecule has 1 amide bonds. The second-order valence-corrected chi connectivity index (χ2v) is 6.72. The summed E-state index contributed by atoms with van der Waals surface area (Å²) in [5, 5.41) is 11.2. The number of nitrogens with two attached hydrogens (primary N) is 1. The maximum absolute atomic E-state index is 13.3. The standard InChI is InChI=1S/C19H23N9O/c1-3-21-19-22-11-16-17(23-19)26(2)7-8-27(18(16)29)14-5-4-6-15(9-14)28-12-13(10-20)24-25-28/h4-6,9,11-12H,3,7-8,10,20H2,1-2H3,(H,21,22,23). The van der Waals surface area contributed by atoms with E-state index in [0.717, 1.165) is 11.4 Å². The lowest BCUT2D eigenvalue weighted by atomic mass is 10.2. The van der Waals surface area contributed by atoms with Crippen LogP contribution in [0.15, 0.2) is 36.7 Å². The van der Waals surface area contributed by atoms with Crippen LogP contribution in [0.25, 0.3) is 5.69 Å². The Morgan fingerprint density at radius 1 is 1.24 bits per heavy atom. The number of carbonyl (C=O) groups excluding carboxylic acids is 1. The number of anilines is 3. The van der Waals surface area contributed by atoms with Gasteiger partial charge in [-0.1, -0.05) is 11.3 Å². The van der Waals surface area contributed by atoms with Gasteiger partial charge in [-0.2, -0.15) is 4.98 Å². The lowest BCUT2D eigenvalue weighted by molar-refractivity contribution is 0.0989. The Hall–Kier alpha value is -3.53. The van der Waals surface area contributed by atoms with Crippen LogP contribution in [0.5, 0.6) is 0 Å². The van der Waals surface area contributed by atoms with Crippen molar-refractivity contribution in [3.8, 4) is 5.69 Å². The highest BCUT2D eigenvalue weighted by atomic mass is 16.2. The molecule has 3 N–H and O–H groups in total. The summed E-state index contributed by atoms with van der Waals surface area (Å²) < 4.78 is 1.65. The smallest absolute Gasteiger partial charge is 0.263 e. The van der Waals surface area contributed by atoms with E-state index in [-0.39, 0.29) is 5.91 Å². The molecule has 0 saturated heterocycles. The van der Waals surface area contributed by atoms with Gasteiger partial charge in [-0.05, 0) is 25.1 Å². The lowest BCUT2D eigenvalue weighted by Crippen LogP contribution is -2.33. The number of nitrogens with one attached hydrogen (secondary N) is 1. The second kappa shape index (κ2) is 7.84. The molecule has 4 rings (SSSR count). The van der Waals surface area contributed by atoms with Crippen molar-refractivity contribution in [2.24, 2.45) is 5.73 Å². The van der Waals surface area contributed by atoms with E-state index in [9.17, 15) is 4.79 Å². The van der Waals surface area contributed by atoms with E-state index in [1.807, 2.05) is 43.1 Å². The Morgan fingerprint density at radius 3 is 2.83 bits per heavy atom. The fourth-order valence-electron chi connectivity index (χ4n) is 3.23. The summed E-state index contributed by atoms with van der Waals surface area (Å²) in [4.78, 5) is 25.8. The minimum Gasteiger partial charge on any atom is -0.357 e. The molecule has 1 aromatic carbocycles. The number of likely N-dealkylation sites (N-methyl/N-ethyl adjacent to an activating group) is 1. The molecule has 0 aliphatic carbocycles. The van der Waals surface area contributed by atoms with Gasteiger partial charge in [-0.25, -0.2) is 9.67 Å². The topological polar surface area (TPSA) is 118 Å². The molecular weight excluding hydrogens is 370 g/mol. The number of hydrogen-bond donors (Lipinski definition) is 2. The Bertz CT molecular complexity index is 1030. The number of amides is 1. The largest absolute Gasteiger partial charge is 0.357 e. The number of nitrogens with zero attached hydrogens (tertiary/aromatic N) is 7. The number of fused-ring (bicyclic) bond motifs is 1. The fourth-order valence-corrected chi connectivity index (χ4v) is 3.23. The average Bonchev–Trinajstić information content (AvgIpc) is 3.19. The minimum absolute atomic E-state index is 0.134. The molecule has 150 valence electrons. The first-order valence-electron chi connectivity index (χ1n) is 9.46. The molecule has 0 unspecified atom stereocenters. The molecule has 29 heavy (non-hydrogen) atoms. The molecule has 10 heteroatoms. The molecule has 3 aromatic rings. The van der Waals surface area contributed by atoms with E-state index in [4.69, 9.17) is 5.73 Å². The van der Waals surface area contributed by atoms with Crippen molar-refractivity contribution in [3.63, 3.8) is 0 Å². The third kappa shape index (κ3) is 3.61. The Kier molecular flexibility index (Phi) is 5.09. The molecule has 3 heterocycles. The Labute approximate surface area is 168 Å². The van der Waals surface area contributed by atoms with Crippen LogP contribution in [0.3, 0.4) is 0 Å². The summed E-state index contributed by atoms with van der Waals surface area (Å²) >= 11 is 0. The molecule has 0 fully saturated rings. The zero-order valence-electron chi connectivity index (χ0n) is 16.4. The van der Waals surface area contributed by atoms with Crippen LogP contribution in [-0.2, 0) is 6.54 Å². The highest BCUT2D eigenvalue weighted by Crippen LogP contribution is 2.27. The van der Waals surface area contributed by atoms with Gasteiger partial charge in [-0.3, -0.25) is 4.79 Å². The van der Waals surface area contributed by atoms with Crippen molar-refractivity contribution in [2.75, 3.05) is 41.8 Å². The third-order valence-electron chi connectivity index (χ3n) is 4.76. The summed E-state index contributed by atoms with van der Waals surface area (Å²) in [5.41, 5.74) is 8.37. The highest BCUT2D eigenvalue weighted by Gasteiger charge is 2.28. The predicted octanol–water partition coefficient (Wildman–Crippen LogP) is 1.04. The van der Waals surface area contributed by atoms with Gasteiger partial charge < -0.3 is 20.9 Å². The van der Waals surface area contributed by atoms with Crippen molar-refractivity contribution in [1.29, 1.82) is 0 Å². The van der Waals surface area contributed by atoms with Gasteiger partial charge in [0.15, 0.2) is 0 Å². The van der Waals surface area contributed by atoms with E-state index < -0.39 is 0 Å². The maximum Gasteiger partial charge on any atom is 0.263 e. The summed E-state index contributed by atoms with van der Waals surface area (Å²) in [6.07, 6.45) is 3.37. The normalized spacial score (nSPS) is 14.0. The molecule has 0 bridgehead atoms. The summed E-state index contributed by atoms with van der Waals surface area (Å²) in [6, 6.07) is 7.61. The lowest BCUT2D eigenvalue weighted by Gasteiger charge is -2.21. The number of benzene rings is 1. The van der Waals surface area contributed by atoms with Gasteiger partial charge >= 0.3 is 0 Å². The highest BCUT2D eigenvalue weighted by molar-refractivity contribution is 6.09. The fraction of sp³-hybridized carbons (Fsp3) is 0.316. The van der Waals surface area contributed by atoms with E-state index in [1.165, 1.54) is 0 Å². The number of carbonyl (C=O) groups is 1. The summed E-state index contributed by atoms with van der Waals surface area (Å²) in [6.45, 7) is 4.18. The number of rotatable bonds is 5. The van der Waals surface area contributed by atoms with E-state index in [1.54, 1.807) is 22.0 Å². The van der Waals surface area contributed by atoms with Crippen molar-refractivity contribution >= 4 is 23.4 Å². The van der Waals surface area contributed by atoms with Crippen LogP contribution in [-0.4, -0.2) is 57.6 Å². The van der Waals surface area contributed by atoms with Crippen molar-refractivity contribution in [1.82, 2.24) is 25.0 Å². The Morgan fingerprint density at radius 2 is 2.07 bits per heavy atom. The van der Waals surface area contributed by atoms with Gasteiger partial charge in [0, 0.05) is 45.1 Å². The van der Waals surface area contributed by atoms with E-state index in [0.29, 0.717) is 49.2 Å². The first-order chi connectivity index (χ1) is 14.1. The Balaban J connectivity index is 1.69. The molecule has 0 spiro atoms. The molecule has 0 radical (unpaired) electrons. The first kappa shape index (κ1) is 18.8. The predicted molar refractivity (Wildman–Crippen MR) is 110 cm³/mol. The third-order valence-corrected chi connectivity index (χ3v) is 4.76.